The van der Waals surface area contributed by atoms with Crippen LogP contribution in [0.1, 0.15) is 26.7 Å². The van der Waals surface area contributed by atoms with Gasteiger partial charge in [-0.1, -0.05) is 6.92 Å². The van der Waals surface area contributed by atoms with E-state index in [9.17, 15) is 13.2 Å². The summed E-state index contributed by atoms with van der Waals surface area (Å²) in [6, 6.07) is 1.19. The lowest BCUT2D eigenvalue weighted by molar-refractivity contribution is 0.218. The fourth-order valence-corrected chi connectivity index (χ4v) is 4.13. The van der Waals surface area contributed by atoms with Crippen molar-refractivity contribution in [2.75, 3.05) is 6.54 Å². The first-order valence-electron chi connectivity index (χ1n) is 6.12. The third-order valence-electron chi connectivity index (χ3n) is 3.44. The van der Waals surface area contributed by atoms with Crippen molar-refractivity contribution in [3.05, 3.63) is 28.7 Å². The Labute approximate surface area is 107 Å². The summed E-state index contributed by atoms with van der Waals surface area (Å²) in [6.07, 6.45) is 4.57. The average molecular weight is 270 g/mol. The van der Waals surface area contributed by atoms with Gasteiger partial charge in [-0.2, -0.15) is 4.31 Å². The lowest BCUT2D eigenvalue weighted by Gasteiger charge is -2.35. The standard InChI is InChI=1S/C12H18N2O3S/c1-9-3-4-10(2)14(8-9)18(16,17)12-7-13-6-5-11(12)15/h5-7,9-10H,3-4,8H2,1-2H3,(H,13,15). The maximum Gasteiger partial charge on any atom is 0.248 e. The molecule has 1 saturated heterocycles. The Morgan fingerprint density at radius 1 is 1.33 bits per heavy atom. The molecule has 0 saturated carbocycles. The highest BCUT2D eigenvalue weighted by atomic mass is 32.2. The lowest BCUT2D eigenvalue weighted by Crippen LogP contribution is -2.45. The monoisotopic (exact) mass is 270 g/mol. The number of H-pyrrole nitrogens is 1. The van der Waals surface area contributed by atoms with Crippen molar-refractivity contribution < 1.29 is 8.42 Å². The predicted octanol–water partition coefficient (Wildman–Crippen LogP) is 1.18. The van der Waals surface area contributed by atoms with E-state index in [0.29, 0.717) is 12.5 Å². The summed E-state index contributed by atoms with van der Waals surface area (Å²) in [5.41, 5.74) is -0.459. The first-order valence-corrected chi connectivity index (χ1v) is 7.56. The molecule has 0 aromatic carbocycles. The molecule has 1 fully saturated rings. The van der Waals surface area contributed by atoms with Gasteiger partial charge >= 0.3 is 0 Å². The first-order chi connectivity index (χ1) is 8.43. The molecule has 0 bridgehead atoms. The highest BCUT2D eigenvalue weighted by Crippen LogP contribution is 2.26. The minimum atomic E-state index is -3.69. The van der Waals surface area contributed by atoms with Crippen molar-refractivity contribution in [3.8, 4) is 0 Å². The topological polar surface area (TPSA) is 70.2 Å². The minimum absolute atomic E-state index is 0.0502. The predicted molar refractivity (Wildman–Crippen MR) is 68.8 cm³/mol. The summed E-state index contributed by atoms with van der Waals surface area (Å²) in [5.74, 6) is 0.332. The van der Waals surface area contributed by atoms with E-state index in [1.54, 1.807) is 0 Å². The van der Waals surface area contributed by atoms with Crippen LogP contribution in [0.15, 0.2) is 28.2 Å². The normalized spacial score (nSPS) is 26.1. The molecule has 0 spiro atoms. The van der Waals surface area contributed by atoms with Crippen molar-refractivity contribution in [2.24, 2.45) is 5.92 Å². The van der Waals surface area contributed by atoms with E-state index < -0.39 is 15.5 Å². The van der Waals surface area contributed by atoms with Crippen molar-refractivity contribution in [2.45, 2.75) is 37.6 Å². The van der Waals surface area contributed by atoms with E-state index in [1.807, 2.05) is 13.8 Å². The summed E-state index contributed by atoms with van der Waals surface area (Å²) < 4.78 is 26.4. The molecule has 6 heteroatoms. The molecule has 0 radical (unpaired) electrons. The number of aromatic nitrogens is 1. The molecule has 1 N–H and O–H groups in total. The van der Waals surface area contributed by atoms with Gasteiger partial charge < -0.3 is 4.98 Å². The van der Waals surface area contributed by atoms with Gasteiger partial charge in [-0.15, -0.1) is 0 Å². The lowest BCUT2D eigenvalue weighted by atomic mass is 9.97. The van der Waals surface area contributed by atoms with Crippen LogP contribution < -0.4 is 5.43 Å². The van der Waals surface area contributed by atoms with Crippen LogP contribution in [-0.4, -0.2) is 30.3 Å². The highest BCUT2D eigenvalue weighted by Gasteiger charge is 2.34. The Balaban J connectivity index is 2.42. The number of pyridine rings is 1. The van der Waals surface area contributed by atoms with Crippen LogP contribution in [0.3, 0.4) is 0 Å². The number of nitrogens with zero attached hydrogens (tertiary/aromatic N) is 1. The van der Waals surface area contributed by atoms with Crippen molar-refractivity contribution in [1.29, 1.82) is 0 Å². The zero-order valence-corrected chi connectivity index (χ0v) is 11.4. The summed E-state index contributed by atoms with van der Waals surface area (Å²) in [6.45, 7) is 4.40. The molecule has 1 aromatic heterocycles. The van der Waals surface area contributed by atoms with Crippen molar-refractivity contribution in [3.63, 3.8) is 0 Å². The maximum atomic E-state index is 12.5. The molecule has 2 unspecified atom stereocenters. The van der Waals surface area contributed by atoms with Gasteiger partial charge in [0, 0.05) is 31.0 Å². The number of sulfonamides is 1. The number of piperidine rings is 1. The Morgan fingerprint density at radius 3 is 2.72 bits per heavy atom. The van der Waals surface area contributed by atoms with Crippen LogP contribution in [0.25, 0.3) is 0 Å². The van der Waals surface area contributed by atoms with Crippen molar-refractivity contribution in [1.82, 2.24) is 9.29 Å². The van der Waals surface area contributed by atoms with E-state index in [1.165, 1.54) is 22.8 Å². The van der Waals surface area contributed by atoms with E-state index in [4.69, 9.17) is 0 Å². The van der Waals surface area contributed by atoms with E-state index in [2.05, 4.69) is 4.98 Å². The third-order valence-corrected chi connectivity index (χ3v) is 5.44. The zero-order valence-electron chi connectivity index (χ0n) is 10.6. The third kappa shape index (κ3) is 2.35. The Morgan fingerprint density at radius 2 is 2.06 bits per heavy atom. The molecule has 1 aliphatic heterocycles. The highest BCUT2D eigenvalue weighted by molar-refractivity contribution is 7.89. The molecule has 18 heavy (non-hydrogen) atoms. The second kappa shape index (κ2) is 4.85. The van der Waals surface area contributed by atoms with Gasteiger partial charge in [0.05, 0.1) is 0 Å². The minimum Gasteiger partial charge on any atom is -0.366 e. The van der Waals surface area contributed by atoms with Crippen LogP contribution in [0.2, 0.25) is 0 Å². The molecule has 1 aliphatic rings. The molecule has 2 atom stereocenters. The SMILES string of the molecule is CC1CCC(C)N(S(=O)(=O)c2c[nH]ccc2=O)C1. The van der Waals surface area contributed by atoms with Crippen LogP contribution >= 0.6 is 0 Å². The van der Waals surface area contributed by atoms with Gasteiger partial charge in [0.15, 0.2) is 0 Å². The molecule has 2 heterocycles. The van der Waals surface area contributed by atoms with E-state index >= 15 is 0 Å². The molecule has 100 valence electrons. The Hall–Kier alpha value is -1.14. The van der Waals surface area contributed by atoms with Gasteiger partial charge in [0.2, 0.25) is 15.5 Å². The molecule has 0 aliphatic carbocycles. The number of hydrogen-bond acceptors (Lipinski definition) is 3. The fourth-order valence-electron chi connectivity index (χ4n) is 2.31. The van der Waals surface area contributed by atoms with Crippen LogP contribution in [0, 0.1) is 5.92 Å². The molecule has 5 nitrogen and oxygen atoms in total. The number of nitrogens with one attached hydrogen (secondary N) is 1. The largest absolute Gasteiger partial charge is 0.366 e. The summed E-state index contributed by atoms with van der Waals surface area (Å²) >= 11 is 0. The van der Waals surface area contributed by atoms with Gasteiger partial charge in [-0.05, 0) is 25.7 Å². The number of hydrogen-bond donors (Lipinski definition) is 1. The van der Waals surface area contributed by atoms with E-state index in [-0.39, 0.29) is 10.9 Å². The summed E-state index contributed by atoms with van der Waals surface area (Å²) in [7, 11) is -3.69. The average Bonchev–Trinajstić information content (AvgIpc) is 2.32. The van der Waals surface area contributed by atoms with Crippen LogP contribution in [0.4, 0.5) is 0 Å². The molecular formula is C12H18N2O3S. The second-order valence-corrected chi connectivity index (χ2v) is 6.84. The Bertz CT molecular complexity index is 579. The molecular weight excluding hydrogens is 252 g/mol. The quantitative estimate of drug-likeness (QED) is 0.877. The van der Waals surface area contributed by atoms with Crippen molar-refractivity contribution >= 4 is 10.0 Å². The number of rotatable bonds is 2. The second-order valence-electron chi connectivity index (χ2n) is 4.98. The van der Waals surface area contributed by atoms with E-state index in [0.717, 1.165) is 12.8 Å². The molecule has 2 rings (SSSR count). The number of aromatic amines is 1. The zero-order chi connectivity index (χ0) is 13.3. The first kappa shape index (κ1) is 13.3. The van der Waals surface area contributed by atoms with Gasteiger partial charge in [-0.25, -0.2) is 8.42 Å². The summed E-state index contributed by atoms with van der Waals surface area (Å²) in [5, 5.41) is 0. The Kier molecular flexibility index (Phi) is 3.59. The maximum absolute atomic E-state index is 12.5. The molecule has 0 amide bonds. The fraction of sp³-hybridized carbons (Fsp3) is 0.583. The smallest absolute Gasteiger partial charge is 0.248 e. The van der Waals surface area contributed by atoms with Crippen LogP contribution in [0.5, 0.6) is 0 Å². The van der Waals surface area contributed by atoms with Gasteiger partial charge in [-0.3, -0.25) is 4.79 Å². The van der Waals surface area contributed by atoms with Gasteiger partial charge in [0.25, 0.3) is 0 Å². The molecule has 1 aromatic rings. The summed E-state index contributed by atoms with van der Waals surface area (Å²) in [4.78, 5) is 14.2. The van der Waals surface area contributed by atoms with Gasteiger partial charge in [0.1, 0.15) is 4.90 Å². The van der Waals surface area contributed by atoms with Crippen LogP contribution in [-0.2, 0) is 10.0 Å².